The van der Waals surface area contributed by atoms with E-state index in [-0.39, 0.29) is 5.91 Å². The Kier molecular flexibility index (Phi) is 4.61. The summed E-state index contributed by atoms with van der Waals surface area (Å²) in [5, 5.41) is 10.1. The molecule has 1 amide bonds. The van der Waals surface area contributed by atoms with Gasteiger partial charge in [0.2, 0.25) is 0 Å². The quantitative estimate of drug-likeness (QED) is 0.553. The Hall–Kier alpha value is -2.67. The molecule has 0 saturated carbocycles. The van der Waals surface area contributed by atoms with Crippen molar-refractivity contribution < 1.29 is 9.53 Å². The average Bonchev–Trinajstić information content (AvgIpc) is 2.93. The number of halogens is 1. The number of nitrogens with zero attached hydrogens (tertiary/aromatic N) is 3. The summed E-state index contributed by atoms with van der Waals surface area (Å²) in [4.78, 5) is 12.2. The molecule has 0 radical (unpaired) electrons. The maximum absolute atomic E-state index is 12.2. The third-order valence-electron chi connectivity index (χ3n) is 3.62. The van der Waals surface area contributed by atoms with Crippen molar-refractivity contribution in [2.75, 3.05) is 7.11 Å². The van der Waals surface area contributed by atoms with Crippen LogP contribution in [0.2, 0.25) is 0 Å². The number of carbonyl (C=O) groups is 1. The van der Waals surface area contributed by atoms with Crippen molar-refractivity contribution in [2.45, 2.75) is 0 Å². The van der Waals surface area contributed by atoms with E-state index in [9.17, 15) is 4.79 Å². The van der Waals surface area contributed by atoms with Crippen LogP contribution < -0.4 is 10.2 Å². The molecule has 1 aromatic heterocycles. The van der Waals surface area contributed by atoms with Crippen molar-refractivity contribution in [3.8, 4) is 5.75 Å². The number of benzene rings is 2. The maximum Gasteiger partial charge on any atom is 0.290 e. The standard InChI is InChI=1S/C17H15BrN4O2/c1-22-16(14(18)10-20-22)17(23)21-19-9-11-7-8-15(24-2)13-6-4-3-5-12(11)13/h3-10H,1-2H3,(H,21,23)/b19-9-. The molecule has 2 aromatic carbocycles. The van der Waals surface area contributed by atoms with E-state index >= 15 is 0 Å². The van der Waals surface area contributed by atoms with E-state index < -0.39 is 0 Å². The normalized spacial score (nSPS) is 11.1. The van der Waals surface area contributed by atoms with Crippen LogP contribution in [-0.2, 0) is 7.05 Å². The lowest BCUT2D eigenvalue weighted by molar-refractivity contribution is 0.0945. The first-order valence-electron chi connectivity index (χ1n) is 7.18. The van der Waals surface area contributed by atoms with E-state index in [0.717, 1.165) is 22.1 Å². The van der Waals surface area contributed by atoms with E-state index in [1.807, 2.05) is 36.4 Å². The Morgan fingerprint density at radius 3 is 2.71 bits per heavy atom. The Morgan fingerprint density at radius 1 is 1.29 bits per heavy atom. The van der Waals surface area contributed by atoms with Gasteiger partial charge >= 0.3 is 0 Å². The van der Waals surface area contributed by atoms with Crippen LogP contribution in [0.3, 0.4) is 0 Å². The van der Waals surface area contributed by atoms with Gasteiger partial charge in [-0.3, -0.25) is 9.48 Å². The minimum Gasteiger partial charge on any atom is -0.496 e. The summed E-state index contributed by atoms with van der Waals surface area (Å²) in [6.07, 6.45) is 3.18. The second-order valence-electron chi connectivity index (χ2n) is 5.07. The van der Waals surface area contributed by atoms with Crippen LogP contribution in [-0.4, -0.2) is 29.0 Å². The maximum atomic E-state index is 12.2. The number of carbonyl (C=O) groups excluding carboxylic acids is 1. The van der Waals surface area contributed by atoms with E-state index in [1.165, 1.54) is 4.68 Å². The molecule has 122 valence electrons. The van der Waals surface area contributed by atoms with Crippen LogP contribution in [0.4, 0.5) is 0 Å². The monoisotopic (exact) mass is 386 g/mol. The highest BCUT2D eigenvalue weighted by atomic mass is 79.9. The first-order valence-corrected chi connectivity index (χ1v) is 7.97. The minimum atomic E-state index is -0.337. The molecule has 0 saturated heterocycles. The van der Waals surface area contributed by atoms with Crippen LogP contribution in [0.1, 0.15) is 16.1 Å². The van der Waals surface area contributed by atoms with Gasteiger partial charge in [-0.15, -0.1) is 0 Å². The van der Waals surface area contributed by atoms with Gasteiger partial charge < -0.3 is 4.74 Å². The van der Waals surface area contributed by atoms with Crippen LogP contribution >= 0.6 is 15.9 Å². The highest BCUT2D eigenvalue weighted by Crippen LogP contribution is 2.27. The minimum absolute atomic E-state index is 0.337. The number of nitrogens with one attached hydrogen (secondary N) is 1. The molecule has 0 fully saturated rings. The Bertz CT molecular complexity index is 914. The summed E-state index contributed by atoms with van der Waals surface area (Å²) in [6, 6.07) is 11.6. The Balaban J connectivity index is 1.85. The first-order chi connectivity index (χ1) is 11.6. The van der Waals surface area contributed by atoms with Crippen LogP contribution in [0.5, 0.6) is 5.75 Å². The van der Waals surface area contributed by atoms with Gasteiger partial charge in [0.25, 0.3) is 5.91 Å². The number of hydrogen-bond donors (Lipinski definition) is 1. The summed E-state index contributed by atoms with van der Waals surface area (Å²) in [6.45, 7) is 0. The zero-order valence-electron chi connectivity index (χ0n) is 13.2. The highest BCUT2D eigenvalue weighted by Gasteiger charge is 2.14. The molecule has 0 spiro atoms. The number of aromatic nitrogens is 2. The van der Waals surface area contributed by atoms with Crippen molar-refractivity contribution in [1.82, 2.24) is 15.2 Å². The number of ether oxygens (including phenoxy) is 1. The van der Waals surface area contributed by atoms with Crippen molar-refractivity contribution in [2.24, 2.45) is 12.1 Å². The fraction of sp³-hybridized carbons (Fsp3) is 0.118. The van der Waals surface area contributed by atoms with Gasteiger partial charge in [-0.05, 0) is 33.4 Å². The summed E-state index contributed by atoms with van der Waals surface area (Å²) < 4.78 is 7.47. The molecule has 0 aliphatic rings. The molecule has 6 nitrogen and oxygen atoms in total. The summed E-state index contributed by atoms with van der Waals surface area (Å²) in [5.74, 6) is 0.460. The molecule has 3 aromatic rings. The van der Waals surface area contributed by atoms with Gasteiger partial charge in [0.1, 0.15) is 11.4 Å². The number of methoxy groups -OCH3 is 1. The lowest BCUT2D eigenvalue weighted by atomic mass is 10.0. The predicted octanol–water partition coefficient (Wildman–Crippen LogP) is 3.11. The number of amides is 1. The summed E-state index contributed by atoms with van der Waals surface area (Å²) in [7, 11) is 3.34. The lowest BCUT2D eigenvalue weighted by Gasteiger charge is -2.07. The highest BCUT2D eigenvalue weighted by molar-refractivity contribution is 9.10. The number of rotatable bonds is 4. The molecule has 1 N–H and O–H groups in total. The van der Waals surface area contributed by atoms with Crippen molar-refractivity contribution in [3.63, 3.8) is 0 Å². The molecule has 7 heteroatoms. The summed E-state index contributed by atoms with van der Waals surface area (Å²) >= 11 is 3.29. The number of fused-ring (bicyclic) bond motifs is 1. The zero-order valence-corrected chi connectivity index (χ0v) is 14.7. The topological polar surface area (TPSA) is 68.5 Å². The van der Waals surface area contributed by atoms with Crippen LogP contribution in [0.15, 0.2) is 52.2 Å². The lowest BCUT2D eigenvalue weighted by Crippen LogP contribution is -2.21. The fourth-order valence-corrected chi connectivity index (χ4v) is 2.99. The van der Waals surface area contributed by atoms with Gasteiger partial charge in [-0.25, -0.2) is 5.43 Å². The molecular formula is C17H15BrN4O2. The molecule has 24 heavy (non-hydrogen) atoms. The third kappa shape index (κ3) is 3.03. The van der Waals surface area contributed by atoms with Crippen LogP contribution in [0.25, 0.3) is 10.8 Å². The second-order valence-corrected chi connectivity index (χ2v) is 5.92. The van der Waals surface area contributed by atoms with Crippen LogP contribution in [0, 0.1) is 0 Å². The van der Waals surface area contributed by atoms with Gasteiger partial charge in [0.15, 0.2) is 0 Å². The second kappa shape index (κ2) is 6.84. The van der Waals surface area contributed by atoms with Gasteiger partial charge in [-0.1, -0.05) is 24.3 Å². The van der Waals surface area contributed by atoms with E-state index in [4.69, 9.17) is 4.74 Å². The Morgan fingerprint density at radius 2 is 2.04 bits per heavy atom. The first kappa shape index (κ1) is 16.2. The number of hydrazone groups is 1. The predicted molar refractivity (Wildman–Crippen MR) is 96.5 cm³/mol. The van der Waals surface area contributed by atoms with Crippen molar-refractivity contribution in [3.05, 3.63) is 58.3 Å². The van der Waals surface area contributed by atoms with Crippen molar-refractivity contribution in [1.29, 1.82) is 0 Å². The molecule has 1 heterocycles. The fourth-order valence-electron chi connectivity index (χ4n) is 2.46. The number of hydrogen-bond acceptors (Lipinski definition) is 4. The molecule has 0 unspecified atom stereocenters. The molecular weight excluding hydrogens is 372 g/mol. The average molecular weight is 387 g/mol. The van der Waals surface area contributed by atoms with E-state index in [2.05, 4.69) is 31.6 Å². The SMILES string of the molecule is COc1ccc(/C=N\NC(=O)c2c(Br)cnn2C)c2ccccc12. The smallest absolute Gasteiger partial charge is 0.290 e. The molecule has 3 rings (SSSR count). The van der Waals surface area contributed by atoms with E-state index in [1.54, 1.807) is 26.6 Å². The molecule has 0 aliphatic carbocycles. The Labute approximate surface area is 147 Å². The molecule has 0 aliphatic heterocycles. The third-order valence-corrected chi connectivity index (χ3v) is 4.20. The summed E-state index contributed by atoms with van der Waals surface area (Å²) in [5.41, 5.74) is 3.81. The van der Waals surface area contributed by atoms with Gasteiger partial charge in [-0.2, -0.15) is 10.2 Å². The molecule has 0 atom stereocenters. The zero-order chi connectivity index (χ0) is 17.1. The van der Waals surface area contributed by atoms with Gasteiger partial charge in [0.05, 0.1) is 24.0 Å². The van der Waals surface area contributed by atoms with Crippen molar-refractivity contribution >= 4 is 38.8 Å². The van der Waals surface area contributed by atoms with E-state index in [0.29, 0.717) is 10.2 Å². The largest absolute Gasteiger partial charge is 0.496 e. The molecule has 0 bridgehead atoms. The number of aryl methyl sites for hydroxylation is 1. The van der Waals surface area contributed by atoms with Gasteiger partial charge in [0, 0.05) is 18.0 Å².